The molecule has 0 atom stereocenters. The van der Waals surface area contributed by atoms with Gasteiger partial charge in [0.1, 0.15) is 5.75 Å². The van der Waals surface area contributed by atoms with Gasteiger partial charge in [0.05, 0.1) is 7.11 Å². The molecule has 6 heteroatoms. The summed E-state index contributed by atoms with van der Waals surface area (Å²) in [6.45, 7) is 7.03. The molecule has 0 amide bonds. The molecule has 2 aromatic rings. The minimum absolute atomic E-state index is 0. The van der Waals surface area contributed by atoms with Crippen LogP contribution in [0.1, 0.15) is 30.9 Å². The molecule has 5 nitrogen and oxygen atoms in total. The van der Waals surface area contributed by atoms with E-state index < -0.39 is 0 Å². The molecule has 0 radical (unpaired) electrons. The predicted octanol–water partition coefficient (Wildman–Crippen LogP) is 4.08. The maximum absolute atomic E-state index is 5.30. The zero-order chi connectivity index (χ0) is 20.3. The van der Waals surface area contributed by atoms with E-state index in [2.05, 4.69) is 64.9 Å². The van der Waals surface area contributed by atoms with Gasteiger partial charge in [-0.15, -0.1) is 24.0 Å². The number of hydrogen-bond acceptors (Lipinski definition) is 3. The van der Waals surface area contributed by atoms with Gasteiger partial charge in [0.15, 0.2) is 5.96 Å². The minimum atomic E-state index is 0. The van der Waals surface area contributed by atoms with Gasteiger partial charge in [-0.05, 0) is 49.4 Å². The highest BCUT2D eigenvalue weighted by molar-refractivity contribution is 14.0. The van der Waals surface area contributed by atoms with Crippen molar-refractivity contribution in [3.05, 3.63) is 65.7 Å². The first-order valence-corrected chi connectivity index (χ1v) is 10.7. The van der Waals surface area contributed by atoms with E-state index in [-0.39, 0.29) is 24.0 Å². The number of rotatable bonds is 8. The molecule has 1 fully saturated rings. The van der Waals surface area contributed by atoms with Crippen LogP contribution in [-0.4, -0.2) is 50.2 Å². The first-order valence-electron chi connectivity index (χ1n) is 10.7. The summed E-state index contributed by atoms with van der Waals surface area (Å²) >= 11 is 0. The van der Waals surface area contributed by atoms with Crippen molar-refractivity contribution in [1.82, 2.24) is 15.5 Å². The number of ether oxygens (including phenoxy) is 1. The third kappa shape index (κ3) is 8.14. The SMILES string of the molecule is CCNC(=NCCc1cccc(OC)c1)NC1CCN(Cc2ccccc2)CC1.I. The number of halogens is 1. The summed E-state index contributed by atoms with van der Waals surface area (Å²) in [7, 11) is 1.70. The average Bonchev–Trinajstić information content (AvgIpc) is 2.76. The molecule has 1 heterocycles. The summed E-state index contributed by atoms with van der Waals surface area (Å²) in [6, 6.07) is 19.4. The van der Waals surface area contributed by atoms with Crippen molar-refractivity contribution in [3.63, 3.8) is 0 Å². The second-order valence-corrected chi connectivity index (χ2v) is 7.54. The number of hydrogen-bond donors (Lipinski definition) is 2. The molecule has 3 rings (SSSR count). The fraction of sp³-hybridized carbons (Fsp3) is 0.458. The fourth-order valence-corrected chi connectivity index (χ4v) is 3.72. The van der Waals surface area contributed by atoms with Crippen LogP contribution in [0.15, 0.2) is 59.6 Å². The van der Waals surface area contributed by atoms with Crippen LogP contribution >= 0.6 is 24.0 Å². The number of piperidine rings is 1. The molecule has 0 aromatic heterocycles. The Morgan fingerprint density at radius 2 is 1.80 bits per heavy atom. The van der Waals surface area contributed by atoms with Gasteiger partial charge < -0.3 is 15.4 Å². The van der Waals surface area contributed by atoms with Gasteiger partial charge in [0.25, 0.3) is 0 Å². The molecule has 2 aromatic carbocycles. The lowest BCUT2D eigenvalue weighted by atomic mass is 10.0. The second-order valence-electron chi connectivity index (χ2n) is 7.54. The van der Waals surface area contributed by atoms with Gasteiger partial charge >= 0.3 is 0 Å². The number of nitrogens with zero attached hydrogens (tertiary/aromatic N) is 2. The third-order valence-electron chi connectivity index (χ3n) is 5.33. The molecular formula is C24H35IN4O. The number of aliphatic imine (C=N–C) groups is 1. The molecule has 0 unspecified atom stereocenters. The Hall–Kier alpha value is -1.80. The van der Waals surface area contributed by atoms with Gasteiger partial charge in [-0.1, -0.05) is 42.5 Å². The zero-order valence-electron chi connectivity index (χ0n) is 18.1. The van der Waals surface area contributed by atoms with Crippen LogP contribution in [0.5, 0.6) is 5.75 Å². The minimum Gasteiger partial charge on any atom is -0.497 e. The highest BCUT2D eigenvalue weighted by atomic mass is 127. The first-order chi connectivity index (χ1) is 14.3. The van der Waals surface area contributed by atoms with Crippen molar-refractivity contribution in [1.29, 1.82) is 0 Å². The van der Waals surface area contributed by atoms with Crippen LogP contribution in [0.2, 0.25) is 0 Å². The Morgan fingerprint density at radius 1 is 1.07 bits per heavy atom. The average molecular weight is 522 g/mol. The molecule has 0 aliphatic carbocycles. The lowest BCUT2D eigenvalue weighted by Gasteiger charge is -2.33. The van der Waals surface area contributed by atoms with Gasteiger partial charge in [-0.25, -0.2) is 0 Å². The summed E-state index contributed by atoms with van der Waals surface area (Å²) in [5.41, 5.74) is 2.64. The molecule has 30 heavy (non-hydrogen) atoms. The number of nitrogens with one attached hydrogen (secondary N) is 2. The maximum atomic E-state index is 5.30. The molecule has 1 aliphatic rings. The first kappa shape index (κ1) is 24.5. The summed E-state index contributed by atoms with van der Waals surface area (Å²) in [4.78, 5) is 7.33. The van der Waals surface area contributed by atoms with E-state index in [9.17, 15) is 0 Å². The molecule has 164 valence electrons. The van der Waals surface area contributed by atoms with Crippen LogP contribution in [0.4, 0.5) is 0 Å². The number of methoxy groups -OCH3 is 1. The van der Waals surface area contributed by atoms with Crippen molar-refractivity contribution in [2.45, 2.75) is 38.8 Å². The van der Waals surface area contributed by atoms with Crippen LogP contribution in [-0.2, 0) is 13.0 Å². The van der Waals surface area contributed by atoms with E-state index in [1.165, 1.54) is 11.1 Å². The number of guanidine groups is 1. The lowest BCUT2D eigenvalue weighted by Crippen LogP contribution is -2.48. The molecule has 0 saturated carbocycles. The van der Waals surface area contributed by atoms with Crippen LogP contribution < -0.4 is 15.4 Å². The quantitative estimate of drug-likeness (QED) is 0.312. The monoisotopic (exact) mass is 522 g/mol. The Morgan fingerprint density at radius 3 is 2.50 bits per heavy atom. The van der Waals surface area contributed by atoms with Crippen molar-refractivity contribution in [2.75, 3.05) is 33.3 Å². The summed E-state index contributed by atoms with van der Waals surface area (Å²) in [5.74, 6) is 1.83. The number of likely N-dealkylation sites (tertiary alicyclic amines) is 1. The molecule has 0 bridgehead atoms. The van der Waals surface area contributed by atoms with E-state index in [1.807, 2.05) is 12.1 Å². The topological polar surface area (TPSA) is 48.9 Å². The molecule has 1 aliphatic heterocycles. The Bertz CT molecular complexity index is 761. The smallest absolute Gasteiger partial charge is 0.191 e. The second kappa shape index (κ2) is 13.5. The van der Waals surface area contributed by atoms with E-state index in [0.29, 0.717) is 6.04 Å². The van der Waals surface area contributed by atoms with Gasteiger partial charge in [0, 0.05) is 38.8 Å². The summed E-state index contributed by atoms with van der Waals surface area (Å²) in [5, 5.41) is 7.03. The highest BCUT2D eigenvalue weighted by Gasteiger charge is 2.20. The summed E-state index contributed by atoms with van der Waals surface area (Å²) < 4.78 is 5.30. The Kier molecular flexibility index (Phi) is 11.0. The Labute approximate surface area is 198 Å². The van der Waals surface area contributed by atoms with Crippen molar-refractivity contribution in [2.24, 2.45) is 4.99 Å². The normalized spacial score (nSPS) is 15.3. The predicted molar refractivity (Wildman–Crippen MR) is 136 cm³/mol. The van der Waals surface area contributed by atoms with Crippen molar-refractivity contribution in [3.8, 4) is 5.75 Å². The van der Waals surface area contributed by atoms with Crippen LogP contribution in [0, 0.1) is 0 Å². The van der Waals surface area contributed by atoms with Gasteiger partial charge in [-0.3, -0.25) is 9.89 Å². The van der Waals surface area contributed by atoms with E-state index in [1.54, 1.807) is 7.11 Å². The zero-order valence-corrected chi connectivity index (χ0v) is 20.5. The molecule has 0 spiro atoms. The van der Waals surface area contributed by atoms with Crippen LogP contribution in [0.3, 0.4) is 0 Å². The van der Waals surface area contributed by atoms with E-state index >= 15 is 0 Å². The molecular weight excluding hydrogens is 487 g/mol. The molecule has 1 saturated heterocycles. The maximum Gasteiger partial charge on any atom is 0.191 e. The Balaban J connectivity index is 0.00000320. The third-order valence-corrected chi connectivity index (χ3v) is 5.33. The largest absolute Gasteiger partial charge is 0.497 e. The van der Waals surface area contributed by atoms with Crippen LogP contribution in [0.25, 0.3) is 0 Å². The molecule has 2 N–H and O–H groups in total. The lowest BCUT2D eigenvalue weighted by molar-refractivity contribution is 0.198. The highest BCUT2D eigenvalue weighted by Crippen LogP contribution is 2.14. The van der Waals surface area contributed by atoms with Crippen molar-refractivity contribution >= 4 is 29.9 Å². The number of benzene rings is 2. The fourth-order valence-electron chi connectivity index (χ4n) is 3.72. The van der Waals surface area contributed by atoms with Gasteiger partial charge in [0.2, 0.25) is 0 Å². The standard InChI is InChI=1S/C24H34N4O.HI/c1-3-25-24(26-15-12-20-10-7-11-23(18-20)29-2)27-22-13-16-28(17-14-22)19-21-8-5-4-6-9-21;/h4-11,18,22H,3,12-17,19H2,1-2H3,(H2,25,26,27);1H. The van der Waals surface area contributed by atoms with Gasteiger partial charge in [-0.2, -0.15) is 0 Å². The van der Waals surface area contributed by atoms with Crippen molar-refractivity contribution < 1.29 is 4.74 Å². The van der Waals surface area contributed by atoms with E-state index in [0.717, 1.165) is 63.7 Å². The summed E-state index contributed by atoms with van der Waals surface area (Å²) in [6.07, 6.45) is 3.20. The van der Waals surface area contributed by atoms with E-state index in [4.69, 9.17) is 9.73 Å².